The molecular formula is C13H14N6O. The van der Waals surface area contributed by atoms with Crippen LogP contribution in [0.2, 0.25) is 0 Å². The Labute approximate surface area is 115 Å². The largest absolute Gasteiger partial charge is 0.349 e. The predicted molar refractivity (Wildman–Crippen MR) is 72.6 cm³/mol. The Morgan fingerprint density at radius 1 is 1.30 bits per heavy atom. The van der Waals surface area contributed by atoms with Crippen LogP contribution in [-0.2, 0) is 24.9 Å². The summed E-state index contributed by atoms with van der Waals surface area (Å²) in [5, 5.41) is 14.9. The highest BCUT2D eigenvalue weighted by Crippen LogP contribution is 2.09. The van der Waals surface area contributed by atoms with Crippen LogP contribution in [0.25, 0.3) is 11.0 Å². The monoisotopic (exact) mass is 270 g/mol. The summed E-state index contributed by atoms with van der Waals surface area (Å²) < 4.78 is 3.32. The second-order valence-electron chi connectivity index (χ2n) is 4.46. The molecule has 0 unspecified atom stereocenters. The molecule has 0 atom stereocenters. The molecular weight excluding hydrogens is 256 g/mol. The fourth-order valence-corrected chi connectivity index (χ4v) is 1.99. The molecule has 0 radical (unpaired) electrons. The van der Waals surface area contributed by atoms with Crippen LogP contribution in [0.1, 0.15) is 5.69 Å². The first kappa shape index (κ1) is 12.3. The second kappa shape index (κ2) is 5.12. The van der Waals surface area contributed by atoms with E-state index in [9.17, 15) is 4.79 Å². The van der Waals surface area contributed by atoms with E-state index < -0.39 is 0 Å². The summed E-state index contributed by atoms with van der Waals surface area (Å²) in [6.45, 7) is 0.598. The van der Waals surface area contributed by atoms with Gasteiger partial charge in [0.05, 0.1) is 17.8 Å². The Kier molecular flexibility index (Phi) is 3.16. The predicted octanol–water partition coefficient (Wildman–Crippen LogP) is 0.481. The molecule has 0 aliphatic carbocycles. The molecule has 7 heteroatoms. The number of amides is 1. The van der Waals surface area contributed by atoms with Crippen LogP contribution in [0.4, 0.5) is 0 Å². The first-order valence-electron chi connectivity index (χ1n) is 6.26. The summed E-state index contributed by atoms with van der Waals surface area (Å²) in [7, 11) is 1.84. The lowest BCUT2D eigenvalue weighted by molar-refractivity contribution is -0.122. The van der Waals surface area contributed by atoms with Crippen molar-refractivity contribution >= 4 is 16.9 Å². The maximum Gasteiger partial charge on any atom is 0.242 e. The van der Waals surface area contributed by atoms with Crippen molar-refractivity contribution in [3.05, 3.63) is 42.2 Å². The molecule has 3 aromatic rings. The maximum atomic E-state index is 11.9. The summed E-state index contributed by atoms with van der Waals surface area (Å²) >= 11 is 0. The average Bonchev–Trinajstić information content (AvgIpc) is 3.04. The number of fused-ring (bicyclic) bond motifs is 1. The van der Waals surface area contributed by atoms with Crippen molar-refractivity contribution in [2.75, 3.05) is 0 Å². The van der Waals surface area contributed by atoms with E-state index >= 15 is 0 Å². The number of carbonyl (C=O) groups excluding carboxylic acids is 1. The molecule has 7 nitrogen and oxygen atoms in total. The van der Waals surface area contributed by atoms with Crippen molar-refractivity contribution in [2.24, 2.45) is 7.05 Å². The molecule has 0 aliphatic heterocycles. The number of hydrogen-bond acceptors (Lipinski definition) is 4. The number of nitrogens with one attached hydrogen (secondary N) is 1. The lowest BCUT2D eigenvalue weighted by Gasteiger charge is -2.06. The van der Waals surface area contributed by atoms with Gasteiger partial charge in [-0.2, -0.15) is 5.10 Å². The van der Waals surface area contributed by atoms with Gasteiger partial charge in [0.2, 0.25) is 5.91 Å². The highest BCUT2D eigenvalue weighted by Gasteiger charge is 2.08. The van der Waals surface area contributed by atoms with Gasteiger partial charge in [0.25, 0.3) is 0 Å². The lowest BCUT2D eigenvalue weighted by Crippen LogP contribution is -2.28. The van der Waals surface area contributed by atoms with Gasteiger partial charge >= 0.3 is 0 Å². The molecule has 102 valence electrons. The molecule has 1 aromatic carbocycles. The lowest BCUT2D eigenvalue weighted by atomic mass is 10.3. The minimum absolute atomic E-state index is 0.109. The molecule has 2 heterocycles. The number of para-hydroxylation sites is 1. The zero-order valence-electron chi connectivity index (χ0n) is 11.0. The van der Waals surface area contributed by atoms with Gasteiger partial charge in [-0.3, -0.25) is 9.48 Å². The molecule has 1 amide bonds. The van der Waals surface area contributed by atoms with E-state index in [4.69, 9.17) is 0 Å². The fraction of sp³-hybridized carbons (Fsp3) is 0.231. The number of benzene rings is 1. The Morgan fingerprint density at radius 2 is 2.15 bits per heavy atom. The van der Waals surface area contributed by atoms with Crippen LogP contribution < -0.4 is 5.32 Å². The van der Waals surface area contributed by atoms with E-state index in [2.05, 4.69) is 20.7 Å². The molecule has 20 heavy (non-hydrogen) atoms. The molecule has 0 bridgehead atoms. The van der Waals surface area contributed by atoms with Gasteiger partial charge in [0.15, 0.2) is 0 Å². The maximum absolute atomic E-state index is 11.9. The van der Waals surface area contributed by atoms with E-state index in [1.54, 1.807) is 15.6 Å². The highest BCUT2D eigenvalue weighted by atomic mass is 16.2. The number of carbonyl (C=O) groups is 1. The summed E-state index contributed by atoms with van der Waals surface area (Å²) in [6.07, 6.45) is 1.70. The van der Waals surface area contributed by atoms with Gasteiger partial charge in [-0.05, 0) is 18.2 Å². The number of aromatic nitrogens is 5. The minimum Gasteiger partial charge on any atom is -0.349 e. The fourth-order valence-electron chi connectivity index (χ4n) is 1.99. The molecule has 2 aromatic heterocycles. The number of aryl methyl sites for hydroxylation is 1. The second-order valence-corrected chi connectivity index (χ2v) is 4.46. The summed E-state index contributed by atoms with van der Waals surface area (Å²) in [6, 6.07) is 9.42. The third kappa shape index (κ3) is 2.37. The van der Waals surface area contributed by atoms with Gasteiger partial charge in [0.1, 0.15) is 12.1 Å². The first-order valence-corrected chi connectivity index (χ1v) is 6.26. The van der Waals surface area contributed by atoms with Crippen molar-refractivity contribution < 1.29 is 4.79 Å². The molecule has 0 fully saturated rings. The van der Waals surface area contributed by atoms with E-state index in [0.717, 1.165) is 16.7 Å². The molecule has 0 saturated carbocycles. The zero-order valence-corrected chi connectivity index (χ0v) is 11.0. The topological polar surface area (TPSA) is 77.6 Å². The smallest absolute Gasteiger partial charge is 0.242 e. The van der Waals surface area contributed by atoms with Gasteiger partial charge in [-0.15, -0.1) is 5.10 Å². The highest BCUT2D eigenvalue weighted by molar-refractivity contribution is 5.79. The Balaban J connectivity index is 1.66. The van der Waals surface area contributed by atoms with Crippen LogP contribution in [-0.4, -0.2) is 30.7 Å². The molecule has 0 aliphatic rings. The summed E-state index contributed by atoms with van der Waals surface area (Å²) in [5.74, 6) is -0.109. The van der Waals surface area contributed by atoms with Gasteiger partial charge in [-0.25, -0.2) is 4.68 Å². The van der Waals surface area contributed by atoms with Crippen LogP contribution in [0, 0.1) is 0 Å². The number of nitrogens with zero attached hydrogens (tertiary/aromatic N) is 5. The van der Waals surface area contributed by atoms with E-state index in [1.807, 2.05) is 37.4 Å². The number of rotatable bonds is 4. The first-order chi connectivity index (χ1) is 9.74. The Hall–Kier alpha value is -2.70. The standard InChI is InChI=1S/C13H14N6O/c1-18-10(6-7-15-18)8-14-13(20)9-19-12-5-3-2-4-11(12)16-17-19/h2-7H,8-9H2,1H3,(H,14,20). The molecule has 0 saturated heterocycles. The molecule has 1 N–H and O–H groups in total. The molecule has 0 spiro atoms. The van der Waals surface area contributed by atoms with Gasteiger partial charge in [-0.1, -0.05) is 17.3 Å². The normalized spacial score (nSPS) is 10.8. The third-order valence-electron chi connectivity index (χ3n) is 3.10. The van der Waals surface area contributed by atoms with Crippen LogP contribution in [0.15, 0.2) is 36.5 Å². The Bertz CT molecular complexity index is 744. The minimum atomic E-state index is -0.109. The van der Waals surface area contributed by atoms with Crippen LogP contribution >= 0.6 is 0 Å². The SMILES string of the molecule is Cn1nccc1CNC(=O)Cn1nnc2ccccc21. The quantitative estimate of drug-likeness (QED) is 0.748. The summed E-state index contributed by atoms with van der Waals surface area (Å²) in [4.78, 5) is 11.9. The van der Waals surface area contributed by atoms with Crippen molar-refractivity contribution in [3.63, 3.8) is 0 Å². The third-order valence-corrected chi connectivity index (χ3v) is 3.10. The van der Waals surface area contributed by atoms with Crippen LogP contribution in [0.5, 0.6) is 0 Å². The average molecular weight is 270 g/mol. The Morgan fingerprint density at radius 3 is 2.95 bits per heavy atom. The van der Waals surface area contributed by atoms with E-state index in [0.29, 0.717) is 6.54 Å². The van der Waals surface area contributed by atoms with Crippen LogP contribution in [0.3, 0.4) is 0 Å². The van der Waals surface area contributed by atoms with E-state index in [1.165, 1.54) is 0 Å². The van der Waals surface area contributed by atoms with Crippen molar-refractivity contribution in [2.45, 2.75) is 13.1 Å². The van der Waals surface area contributed by atoms with Crippen molar-refractivity contribution in [3.8, 4) is 0 Å². The van der Waals surface area contributed by atoms with Gasteiger partial charge < -0.3 is 5.32 Å². The van der Waals surface area contributed by atoms with Crippen molar-refractivity contribution in [1.82, 2.24) is 30.1 Å². The zero-order chi connectivity index (χ0) is 13.9. The van der Waals surface area contributed by atoms with Gasteiger partial charge in [0, 0.05) is 13.2 Å². The van der Waals surface area contributed by atoms with Crippen molar-refractivity contribution in [1.29, 1.82) is 0 Å². The molecule has 3 rings (SSSR count). The number of hydrogen-bond donors (Lipinski definition) is 1. The van der Waals surface area contributed by atoms with E-state index in [-0.39, 0.29) is 12.5 Å². The summed E-state index contributed by atoms with van der Waals surface area (Å²) in [5.41, 5.74) is 2.58.